The maximum absolute atomic E-state index is 12.6. The summed E-state index contributed by atoms with van der Waals surface area (Å²) >= 11 is 5.96. The van der Waals surface area contributed by atoms with Crippen molar-refractivity contribution in [2.45, 2.75) is 32.4 Å². The Morgan fingerprint density at radius 1 is 1.04 bits per heavy atom. The third-order valence-electron chi connectivity index (χ3n) is 6.07. The molecule has 0 aliphatic carbocycles. The summed E-state index contributed by atoms with van der Waals surface area (Å²) in [5.74, 6) is 0.269. The van der Waals surface area contributed by atoms with Crippen LogP contribution in [0.15, 0.2) is 48.5 Å². The van der Waals surface area contributed by atoms with Crippen molar-refractivity contribution in [2.75, 3.05) is 19.6 Å². The first-order valence-corrected chi connectivity index (χ1v) is 10.2. The molecule has 2 aromatic rings. The number of rotatable bonds is 4. The van der Waals surface area contributed by atoms with E-state index in [9.17, 15) is 4.79 Å². The van der Waals surface area contributed by atoms with Crippen molar-refractivity contribution in [3.05, 3.63) is 70.2 Å². The number of hydrogen-bond donors (Lipinski definition) is 0. The first-order valence-electron chi connectivity index (χ1n) is 9.79. The summed E-state index contributed by atoms with van der Waals surface area (Å²) in [6.45, 7) is 4.39. The van der Waals surface area contributed by atoms with E-state index in [0.717, 1.165) is 49.6 Å². The molecule has 2 heterocycles. The van der Waals surface area contributed by atoms with Crippen LogP contribution in [0.5, 0.6) is 0 Å². The van der Waals surface area contributed by atoms with Crippen LogP contribution in [0.2, 0.25) is 5.02 Å². The lowest BCUT2D eigenvalue weighted by atomic mass is 9.77. The molecule has 2 saturated heterocycles. The molecule has 28 heavy (non-hydrogen) atoms. The fourth-order valence-corrected chi connectivity index (χ4v) is 4.58. The predicted molar refractivity (Wildman–Crippen MR) is 110 cm³/mol. The van der Waals surface area contributed by atoms with Crippen molar-refractivity contribution in [1.29, 1.82) is 5.26 Å². The smallest absolute Gasteiger partial charge is 0.223 e. The highest BCUT2D eigenvalue weighted by atomic mass is 35.5. The van der Waals surface area contributed by atoms with Crippen LogP contribution in [-0.2, 0) is 17.9 Å². The van der Waals surface area contributed by atoms with Gasteiger partial charge in [-0.15, -0.1) is 0 Å². The van der Waals surface area contributed by atoms with Gasteiger partial charge in [0.05, 0.1) is 11.6 Å². The van der Waals surface area contributed by atoms with Gasteiger partial charge < -0.3 is 4.90 Å². The van der Waals surface area contributed by atoms with Crippen LogP contribution in [0.4, 0.5) is 0 Å². The fraction of sp³-hybridized carbons (Fsp3) is 0.391. The highest BCUT2D eigenvalue weighted by Gasteiger charge is 2.44. The Hall–Kier alpha value is -2.35. The van der Waals surface area contributed by atoms with Crippen molar-refractivity contribution in [3.63, 3.8) is 0 Å². The van der Waals surface area contributed by atoms with Gasteiger partial charge in [-0.1, -0.05) is 35.9 Å². The lowest BCUT2D eigenvalue weighted by molar-refractivity contribution is -0.128. The van der Waals surface area contributed by atoms with E-state index in [1.54, 1.807) is 0 Å². The van der Waals surface area contributed by atoms with Gasteiger partial charge in [0.2, 0.25) is 5.91 Å². The van der Waals surface area contributed by atoms with E-state index in [-0.39, 0.29) is 11.3 Å². The van der Waals surface area contributed by atoms with Gasteiger partial charge in [-0.2, -0.15) is 5.26 Å². The van der Waals surface area contributed by atoms with Crippen LogP contribution >= 0.6 is 11.6 Å². The van der Waals surface area contributed by atoms with Crippen LogP contribution < -0.4 is 0 Å². The second-order valence-corrected chi connectivity index (χ2v) is 8.58. The third kappa shape index (κ3) is 4.22. The molecule has 2 fully saturated rings. The number of hydrogen-bond acceptors (Lipinski definition) is 3. The normalized spacial score (nSPS) is 19.1. The van der Waals surface area contributed by atoms with E-state index in [4.69, 9.17) is 16.9 Å². The summed E-state index contributed by atoms with van der Waals surface area (Å²) in [5, 5.41) is 9.79. The molecule has 2 aromatic carbocycles. The Morgan fingerprint density at radius 2 is 1.79 bits per heavy atom. The van der Waals surface area contributed by atoms with E-state index in [2.05, 4.69) is 17.0 Å². The second kappa shape index (κ2) is 7.95. The summed E-state index contributed by atoms with van der Waals surface area (Å²) in [6, 6.07) is 17.8. The zero-order valence-corrected chi connectivity index (χ0v) is 16.7. The number of amides is 1. The quantitative estimate of drug-likeness (QED) is 0.781. The molecular formula is C23H24ClN3O. The highest BCUT2D eigenvalue weighted by molar-refractivity contribution is 6.30. The number of nitriles is 1. The van der Waals surface area contributed by atoms with Crippen molar-refractivity contribution < 1.29 is 4.79 Å². The van der Waals surface area contributed by atoms with E-state index in [1.807, 2.05) is 47.4 Å². The SMILES string of the molecule is N#Cc1cccc(CN2CCC3(CC2)CC(=O)N(Cc2ccc(Cl)cc2)C3)c1. The Balaban J connectivity index is 1.34. The summed E-state index contributed by atoms with van der Waals surface area (Å²) in [6.07, 6.45) is 2.76. The molecule has 144 valence electrons. The number of carbonyl (C=O) groups excluding carboxylic acids is 1. The standard InChI is InChI=1S/C23H24ClN3O/c24-21-6-4-18(5-7-21)16-27-17-23(13-22(27)28)8-10-26(11-9-23)15-20-3-1-2-19(12-20)14-25/h1-7,12H,8-11,13,15-17H2. The van der Waals surface area contributed by atoms with Crippen molar-refractivity contribution in [1.82, 2.24) is 9.80 Å². The van der Waals surface area contributed by atoms with E-state index in [0.29, 0.717) is 18.5 Å². The zero-order chi connectivity index (χ0) is 19.6. The molecule has 0 saturated carbocycles. The minimum Gasteiger partial charge on any atom is -0.338 e. The third-order valence-corrected chi connectivity index (χ3v) is 6.32. The van der Waals surface area contributed by atoms with Crippen molar-refractivity contribution in [2.24, 2.45) is 5.41 Å². The fourth-order valence-electron chi connectivity index (χ4n) is 4.45. The molecule has 2 aliphatic rings. The summed E-state index contributed by atoms with van der Waals surface area (Å²) in [5.41, 5.74) is 3.14. The highest BCUT2D eigenvalue weighted by Crippen LogP contribution is 2.41. The molecule has 0 radical (unpaired) electrons. The Morgan fingerprint density at radius 3 is 2.50 bits per heavy atom. The molecule has 0 N–H and O–H groups in total. The largest absolute Gasteiger partial charge is 0.338 e. The predicted octanol–water partition coefficient (Wildman–Crippen LogP) is 4.23. The van der Waals surface area contributed by atoms with Crippen molar-refractivity contribution in [3.8, 4) is 6.07 Å². The zero-order valence-electron chi connectivity index (χ0n) is 15.9. The van der Waals surface area contributed by atoms with E-state index in [1.165, 1.54) is 5.56 Å². The van der Waals surface area contributed by atoms with Crippen LogP contribution in [0, 0.1) is 16.7 Å². The van der Waals surface area contributed by atoms with Crippen LogP contribution in [0.3, 0.4) is 0 Å². The molecular weight excluding hydrogens is 370 g/mol. The van der Waals surface area contributed by atoms with Crippen LogP contribution in [0.1, 0.15) is 36.0 Å². The van der Waals surface area contributed by atoms with Gasteiger partial charge >= 0.3 is 0 Å². The van der Waals surface area contributed by atoms with Gasteiger partial charge in [-0.3, -0.25) is 9.69 Å². The topological polar surface area (TPSA) is 47.3 Å². The Kier molecular flexibility index (Phi) is 5.39. The molecule has 0 unspecified atom stereocenters. The molecule has 0 bridgehead atoms. The number of likely N-dealkylation sites (tertiary alicyclic amines) is 2. The molecule has 0 atom stereocenters. The van der Waals surface area contributed by atoms with Gasteiger partial charge in [0.1, 0.15) is 0 Å². The number of halogens is 1. The summed E-state index contributed by atoms with van der Waals surface area (Å²) in [4.78, 5) is 17.1. The number of nitrogens with zero attached hydrogens (tertiary/aromatic N) is 3. The number of carbonyl (C=O) groups is 1. The number of benzene rings is 2. The minimum absolute atomic E-state index is 0.120. The van der Waals surface area contributed by atoms with Crippen LogP contribution in [0.25, 0.3) is 0 Å². The second-order valence-electron chi connectivity index (χ2n) is 8.14. The Bertz CT molecular complexity index is 895. The minimum atomic E-state index is 0.120. The summed E-state index contributed by atoms with van der Waals surface area (Å²) < 4.78 is 0. The van der Waals surface area contributed by atoms with Gasteiger partial charge in [0, 0.05) is 31.1 Å². The maximum Gasteiger partial charge on any atom is 0.223 e. The molecule has 4 rings (SSSR count). The lowest BCUT2D eigenvalue weighted by Crippen LogP contribution is -2.41. The maximum atomic E-state index is 12.6. The first kappa shape index (κ1) is 19.0. The summed E-state index contributed by atoms with van der Waals surface area (Å²) in [7, 11) is 0. The van der Waals surface area contributed by atoms with E-state index < -0.39 is 0 Å². The molecule has 4 nitrogen and oxygen atoms in total. The van der Waals surface area contributed by atoms with E-state index >= 15 is 0 Å². The van der Waals surface area contributed by atoms with Gasteiger partial charge in [-0.25, -0.2) is 0 Å². The lowest BCUT2D eigenvalue weighted by Gasteiger charge is -2.39. The van der Waals surface area contributed by atoms with Crippen LogP contribution in [-0.4, -0.2) is 35.3 Å². The first-order chi connectivity index (χ1) is 13.5. The average Bonchev–Trinajstić information content (AvgIpc) is 3.00. The number of piperidine rings is 1. The molecule has 1 amide bonds. The molecule has 1 spiro atoms. The molecule has 2 aliphatic heterocycles. The molecule has 5 heteroatoms. The van der Waals surface area contributed by atoms with Gasteiger partial charge in [0.25, 0.3) is 0 Å². The Labute approximate surface area is 171 Å². The monoisotopic (exact) mass is 393 g/mol. The average molecular weight is 394 g/mol. The molecule has 0 aromatic heterocycles. The van der Waals surface area contributed by atoms with Gasteiger partial charge in [0.15, 0.2) is 0 Å². The van der Waals surface area contributed by atoms with Gasteiger partial charge in [-0.05, 0) is 66.7 Å². The van der Waals surface area contributed by atoms with Crippen molar-refractivity contribution >= 4 is 17.5 Å².